The van der Waals surface area contributed by atoms with E-state index in [1.54, 1.807) is 0 Å². The van der Waals surface area contributed by atoms with Crippen molar-refractivity contribution >= 4 is 22.4 Å². The molecule has 0 unspecified atom stereocenters. The molecule has 0 saturated heterocycles. The minimum absolute atomic E-state index is 0.00403. The van der Waals surface area contributed by atoms with Gasteiger partial charge in [-0.3, -0.25) is 4.79 Å². The van der Waals surface area contributed by atoms with Crippen LogP contribution in [0.25, 0.3) is 0 Å². The zero-order valence-corrected chi connectivity index (χ0v) is 10.0. The molecule has 10 heteroatoms. The number of hydrogen-bond donors (Lipinski definition) is 2. The van der Waals surface area contributed by atoms with Gasteiger partial charge in [0.2, 0.25) is 10.1 Å². The van der Waals surface area contributed by atoms with Gasteiger partial charge in [0.15, 0.2) is 5.76 Å². The van der Waals surface area contributed by atoms with Crippen molar-refractivity contribution in [2.24, 2.45) is 5.73 Å². The zero-order chi connectivity index (χ0) is 14.0. The highest BCUT2D eigenvalue weighted by Crippen LogP contribution is 2.33. The van der Waals surface area contributed by atoms with Crippen molar-refractivity contribution in [3.63, 3.8) is 0 Å². The summed E-state index contributed by atoms with van der Waals surface area (Å²) in [5.41, 5.74) is 4.99. The molecule has 102 valence electrons. The summed E-state index contributed by atoms with van der Waals surface area (Å²) < 4.78 is 41.8. The molecule has 2 heterocycles. The Kier molecular flexibility index (Phi) is 3.42. The van der Waals surface area contributed by atoms with Gasteiger partial charge in [-0.2, -0.15) is 13.2 Å². The van der Waals surface area contributed by atoms with E-state index in [9.17, 15) is 18.0 Å². The van der Waals surface area contributed by atoms with Crippen LogP contribution < -0.4 is 11.1 Å². The number of aromatic nitrogens is 2. The fourth-order valence-corrected chi connectivity index (χ4v) is 1.78. The molecule has 0 fully saturated rings. The summed E-state index contributed by atoms with van der Waals surface area (Å²) in [7, 11) is 0. The maximum atomic E-state index is 12.3. The van der Waals surface area contributed by atoms with Gasteiger partial charge in [-0.15, -0.1) is 10.2 Å². The first-order valence-electron chi connectivity index (χ1n) is 4.89. The second-order valence-electron chi connectivity index (χ2n) is 3.39. The average Bonchev–Trinajstić information content (AvgIpc) is 2.95. The smallest absolute Gasteiger partial charge is 0.445 e. The number of halogens is 3. The molecular formula is C9H7F3N4O2S. The minimum atomic E-state index is -4.51. The highest BCUT2D eigenvalue weighted by atomic mass is 32.1. The molecule has 2 rings (SSSR count). The molecule has 0 aromatic carbocycles. The topological polar surface area (TPSA) is 94.0 Å². The Morgan fingerprint density at radius 1 is 1.42 bits per heavy atom. The first kappa shape index (κ1) is 13.3. The van der Waals surface area contributed by atoms with E-state index in [2.05, 4.69) is 15.5 Å². The van der Waals surface area contributed by atoms with Crippen molar-refractivity contribution < 1.29 is 22.4 Å². The Hall–Kier alpha value is -2.10. The lowest BCUT2D eigenvalue weighted by Crippen LogP contribution is -2.09. The Morgan fingerprint density at radius 3 is 2.68 bits per heavy atom. The van der Waals surface area contributed by atoms with Gasteiger partial charge in [-0.1, -0.05) is 11.3 Å². The first-order valence-corrected chi connectivity index (χ1v) is 5.71. The van der Waals surface area contributed by atoms with Gasteiger partial charge < -0.3 is 15.5 Å². The standard InChI is InChI=1S/C9H7F3N4O2S/c10-9(11,12)7-15-16-8(19-7)14-3-4-1-2-5(18-4)6(13)17/h1-2H,3H2,(H2,13,17)(H,14,16). The van der Waals surface area contributed by atoms with Crippen molar-refractivity contribution in [3.8, 4) is 0 Å². The van der Waals surface area contributed by atoms with E-state index in [-0.39, 0.29) is 17.4 Å². The predicted octanol–water partition coefficient (Wildman–Crippen LogP) is 1.86. The summed E-state index contributed by atoms with van der Waals surface area (Å²) in [5.74, 6) is -0.399. The lowest BCUT2D eigenvalue weighted by atomic mass is 10.4. The van der Waals surface area contributed by atoms with Crippen molar-refractivity contribution in [2.75, 3.05) is 5.32 Å². The van der Waals surface area contributed by atoms with Crippen LogP contribution in [0.2, 0.25) is 0 Å². The molecule has 0 radical (unpaired) electrons. The number of hydrogen-bond acceptors (Lipinski definition) is 6. The molecule has 19 heavy (non-hydrogen) atoms. The summed E-state index contributed by atoms with van der Waals surface area (Å²) in [6.45, 7) is 0.0692. The third-order valence-electron chi connectivity index (χ3n) is 1.99. The van der Waals surface area contributed by atoms with Crippen LogP contribution in [0.15, 0.2) is 16.5 Å². The maximum Gasteiger partial charge on any atom is 0.445 e. The third-order valence-corrected chi connectivity index (χ3v) is 2.91. The number of anilines is 1. The van der Waals surface area contributed by atoms with Crippen LogP contribution in [-0.2, 0) is 12.7 Å². The average molecular weight is 292 g/mol. The van der Waals surface area contributed by atoms with Crippen LogP contribution in [0, 0.1) is 0 Å². The van der Waals surface area contributed by atoms with Gasteiger partial charge in [0.25, 0.3) is 5.91 Å². The van der Waals surface area contributed by atoms with Gasteiger partial charge in [-0.25, -0.2) is 0 Å². The SMILES string of the molecule is NC(=O)c1ccc(CNc2nnc(C(F)(F)F)s2)o1. The van der Waals surface area contributed by atoms with E-state index >= 15 is 0 Å². The summed E-state index contributed by atoms with van der Waals surface area (Å²) in [4.78, 5) is 10.8. The number of amides is 1. The summed E-state index contributed by atoms with van der Waals surface area (Å²) in [5, 5.41) is 7.93. The normalized spacial score (nSPS) is 11.5. The van der Waals surface area contributed by atoms with Crippen molar-refractivity contribution in [3.05, 3.63) is 28.7 Å². The van der Waals surface area contributed by atoms with Gasteiger partial charge >= 0.3 is 6.18 Å². The molecule has 1 amide bonds. The second kappa shape index (κ2) is 4.88. The van der Waals surface area contributed by atoms with Crippen molar-refractivity contribution in [1.82, 2.24) is 10.2 Å². The maximum absolute atomic E-state index is 12.3. The Morgan fingerprint density at radius 2 is 2.16 bits per heavy atom. The van der Waals surface area contributed by atoms with Crippen molar-refractivity contribution in [2.45, 2.75) is 12.7 Å². The Labute approximate surface area is 108 Å². The number of nitrogens with one attached hydrogen (secondary N) is 1. The summed E-state index contributed by atoms with van der Waals surface area (Å²) >= 11 is 0.381. The third kappa shape index (κ3) is 3.22. The van der Waals surface area contributed by atoms with Crippen LogP contribution in [0.3, 0.4) is 0 Å². The number of rotatable bonds is 4. The van der Waals surface area contributed by atoms with Crippen LogP contribution in [-0.4, -0.2) is 16.1 Å². The lowest BCUT2D eigenvalue weighted by Gasteiger charge is -1.99. The van der Waals surface area contributed by atoms with Gasteiger partial charge in [0.1, 0.15) is 5.76 Å². The van der Waals surface area contributed by atoms with Crippen molar-refractivity contribution in [1.29, 1.82) is 0 Å². The number of nitrogens with zero attached hydrogens (tertiary/aromatic N) is 2. The lowest BCUT2D eigenvalue weighted by molar-refractivity contribution is -0.138. The number of alkyl halides is 3. The molecule has 0 spiro atoms. The van der Waals surface area contributed by atoms with Crippen LogP contribution in [0.4, 0.5) is 18.3 Å². The van der Waals surface area contributed by atoms with Gasteiger partial charge in [-0.05, 0) is 12.1 Å². The monoisotopic (exact) mass is 292 g/mol. The molecule has 0 aliphatic rings. The second-order valence-corrected chi connectivity index (χ2v) is 4.37. The highest BCUT2D eigenvalue weighted by molar-refractivity contribution is 7.15. The van der Waals surface area contributed by atoms with Crippen LogP contribution in [0.5, 0.6) is 0 Å². The summed E-state index contributed by atoms with van der Waals surface area (Å²) in [6.07, 6.45) is -4.51. The number of carbonyl (C=O) groups excluding carboxylic acids is 1. The number of primary amides is 1. The molecule has 0 aliphatic carbocycles. The molecule has 6 nitrogen and oxygen atoms in total. The van der Waals surface area contributed by atoms with E-state index in [0.29, 0.717) is 17.1 Å². The summed E-state index contributed by atoms with van der Waals surface area (Å²) in [6, 6.07) is 2.86. The van der Waals surface area contributed by atoms with E-state index in [1.807, 2.05) is 0 Å². The number of nitrogens with two attached hydrogens (primary N) is 1. The number of carbonyl (C=O) groups is 1. The molecule has 2 aromatic rings. The quantitative estimate of drug-likeness (QED) is 0.897. The molecule has 0 bridgehead atoms. The first-order chi connectivity index (χ1) is 8.86. The molecule has 3 N–H and O–H groups in total. The van der Waals surface area contributed by atoms with E-state index in [0.717, 1.165) is 0 Å². The molecule has 2 aromatic heterocycles. The fourth-order valence-electron chi connectivity index (χ4n) is 1.18. The zero-order valence-electron chi connectivity index (χ0n) is 9.19. The Balaban J connectivity index is 1.98. The predicted molar refractivity (Wildman–Crippen MR) is 59.5 cm³/mol. The van der Waals surface area contributed by atoms with E-state index in [1.165, 1.54) is 12.1 Å². The van der Waals surface area contributed by atoms with E-state index in [4.69, 9.17) is 10.2 Å². The fraction of sp³-hybridized carbons (Fsp3) is 0.222. The van der Waals surface area contributed by atoms with Crippen LogP contribution in [0.1, 0.15) is 21.3 Å². The molecule has 0 aliphatic heterocycles. The number of furan rings is 1. The van der Waals surface area contributed by atoms with Gasteiger partial charge in [0.05, 0.1) is 6.54 Å². The van der Waals surface area contributed by atoms with E-state index < -0.39 is 17.1 Å². The molecule has 0 atom stereocenters. The Bertz CT molecular complexity index is 592. The minimum Gasteiger partial charge on any atom is -0.454 e. The molecular weight excluding hydrogens is 285 g/mol. The molecule has 0 saturated carbocycles. The van der Waals surface area contributed by atoms with Crippen LogP contribution >= 0.6 is 11.3 Å². The van der Waals surface area contributed by atoms with Gasteiger partial charge in [0, 0.05) is 0 Å². The highest BCUT2D eigenvalue weighted by Gasteiger charge is 2.35. The largest absolute Gasteiger partial charge is 0.454 e.